The lowest BCUT2D eigenvalue weighted by molar-refractivity contribution is -0.142. The van der Waals surface area contributed by atoms with Crippen LogP contribution in [0.1, 0.15) is 19.3 Å². The Morgan fingerprint density at radius 1 is 1.00 bits per heavy atom. The molecule has 3 amide bonds. The standard InChI is InChI=1S/C17H33N7O6S2/c1-32-6-4-10(22-15(28)12(7-25)24-13(26)9(18)8-31)14(27)23-11(16(29)30)3-2-5-21-17(19)20/h9-12,25,31H,2-8,18H2,1H3,(H,22,28)(H,23,27)(H,24,26)(H,29,30)(H4,19,20,21). The molecule has 15 heteroatoms. The molecule has 0 rings (SSSR count). The molecular formula is C17H33N7O6S2. The van der Waals surface area contributed by atoms with Crippen LogP contribution in [0.15, 0.2) is 4.99 Å². The van der Waals surface area contributed by atoms with Crippen LogP contribution >= 0.6 is 24.4 Å². The van der Waals surface area contributed by atoms with Gasteiger partial charge in [0.15, 0.2) is 5.96 Å². The summed E-state index contributed by atoms with van der Waals surface area (Å²) in [7, 11) is 0. The maximum Gasteiger partial charge on any atom is 0.326 e. The molecule has 0 aliphatic carbocycles. The maximum absolute atomic E-state index is 12.7. The fraction of sp³-hybridized carbons (Fsp3) is 0.706. The molecular weight excluding hydrogens is 462 g/mol. The highest BCUT2D eigenvalue weighted by atomic mass is 32.2. The van der Waals surface area contributed by atoms with Crippen molar-refractivity contribution in [2.24, 2.45) is 22.2 Å². The van der Waals surface area contributed by atoms with Crippen molar-refractivity contribution >= 4 is 54.0 Å². The number of thioether (sulfide) groups is 1. The number of carbonyl (C=O) groups excluding carboxylic acids is 3. The summed E-state index contributed by atoms with van der Waals surface area (Å²) in [5.41, 5.74) is 16.0. The van der Waals surface area contributed by atoms with Crippen molar-refractivity contribution in [3.63, 3.8) is 0 Å². The predicted molar refractivity (Wildman–Crippen MR) is 125 cm³/mol. The summed E-state index contributed by atoms with van der Waals surface area (Å²) in [5.74, 6) is -3.07. The monoisotopic (exact) mass is 495 g/mol. The molecule has 0 aromatic heterocycles. The van der Waals surface area contributed by atoms with Gasteiger partial charge in [-0.15, -0.1) is 0 Å². The number of rotatable bonds is 16. The second-order valence-electron chi connectivity index (χ2n) is 6.72. The molecule has 0 spiro atoms. The van der Waals surface area contributed by atoms with Gasteiger partial charge in [-0.3, -0.25) is 19.4 Å². The number of carbonyl (C=O) groups is 4. The zero-order chi connectivity index (χ0) is 24.7. The summed E-state index contributed by atoms with van der Waals surface area (Å²) in [4.78, 5) is 52.3. The fourth-order valence-electron chi connectivity index (χ4n) is 2.37. The van der Waals surface area contributed by atoms with E-state index in [1.54, 1.807) is 6.26 Å². The van der Waals surface area contributed by atoms with Gasteiger partial charge in [-0.05, 0) is 31.3 Å². The van der Waals surface area contributed by atoms with E-state index in [9.17, 15) is 29.4 Å². The number of hydrogen-bond donors (Lipinski definition) is 9. The van der Waals surface area contributed by atoms with E-state index >= 15 is 0 Å². The van der Waals surface area contributed by atoms with E-state index in [0.717, 1.165) is 0 Å². The minimum atomic E-state index is -1.34. The number of aliphatic hydroxyl groups excluding tert-OH is 1. The molecule has 0 fully saturated rings. The molecule has 184 valence electrons. The molecule has 0 heterocycles. The number of aliphatic carboxylic acids is 1. The number of nitrogens with one attached hydrogen (secondary N) is 3. The van der Waals surface area contributed by atoms with Gasteiger partial charge in [0.2, 0.25) is 17.7 Å². The summed E-state index contributed by atoms with van der Waals surface area (Å²) >= 11 is 5.32. The highest BCUT2D eigenvalue weighted by Gasteiger charge is 2.29. The summed E-state index contributed by atoms with van der Waals surface area (Å²) in [5, 5.41) is 26.0. The molecule has 4 unspecified atom stereocenters. The second-order valence-corrected chi connectivity index (χ2v) is 8.07. The highest BCUT2D eigenvalue weighted by Crippen LogP contribution is 2.05. The predicted octanol–water partition coefficient (Wildman–Crippen LogP) is -3.42. The van der Waals surface area contributed by atoms with Crippen LogP contribution in [-0.2, 0) is 19.2 Å². The van der Waals surface area contributed by atoms with Crippen molar-refractivity contribution in [3.05, 3.63) is 0 Å². The molecule has 0 aromatic carbocycles. The Labute approximate surface area is 196 Å². The van der Waals surface area contributed by atoms with Gasteiger partial charge < -0.3 is 43.4 Å². The van der Waals surface area contributed by atoms with E-state index in [4.69, 9.17) is 17.2 Å². The largest absolute Gasteiger partial charge is 0.480 e. The van der Waals surface area contributed by atoms with Crippen molar-refractivity contribution in [1.29, 1.82) is 0 Å². The molecule has 0 radical (unpaired) electrons. The quantitative estimate of drug-likeness (QED) is 0.0445. The summed E-state index contributed by atoms with van der Waals surface area (Å²) in [6, 6.07) is -4.62. The van der Waals surface area contributed by atoms with Crippen molar-refractivity contribution in [2.75, 3.05) is 30.9 Å². The molecule has 0 aliphatic rings. The minimum absolute atomic E-state index is 0.0319. The van der Waals surface area contributed by atoms with E-state index in [1.165, 1.54) is 11.8 Å². The highest BCUT2D eigenvalue weighted by molar-refractivity contribution is 7.98. The number of carboxylic acids is 1. The smallest absolute Gasteiger partial charge is 0.326 e. The Bertz CT molecular complexity index is 663. The van der Waals surface area contributed by atoms with Gasteiger partial charge in [-0.25, -0.2) is 4.79 Å². The molecule has 4 atom stereocenters. The minimum Gasteiger partial charge on any atom is -0.480 e. The van der Waals surface area contributed by atoms with Crippen molar-refractivity contribution in [2.45, 2.75) is 43.4 Å². The molecule has 0 aromatic rings. The van der Waals surface area contributed by atoms with Crippen LogP contribution in [0.5, 0.6) is 0 Å². The summed E-state index contributed by atoms with van der Waals surface area (Å²) < 4.78 is 0. The third-order valence-electron chi connectivity index (χ3n) is 4.15. The molecule has 0 bridgehead atoms. The lowest BCUT2D eigenvalue weighted by atomic mass is 10.1. The number of nitrogens with zero attached hydrogens (tertiary/aromatic N) is 1. The Kier molecular flexibility index (Phi) is 15.3. The first kappa shape index (κ1) is 29.8. The average molecular weight is 496 g/mol. The van der Waals surface area contributed by atoms with Gasteiger partial charge in [0.05, 0.1) is 12.6 Å². The van der Waals surface area contributed by atoms with Gasteiger partial charge in [0.25, 0.3) is 0 Å². The number of thiol groups is 1. The van der Waals surface area contributed by atoms with Crippen LogP contribution in [0.4, 0.5) is 0 Å². The van der Waals surface area contributed by atoms with Gasteiger partial charge in [0.1, 0.15) is 18.1 Å². The Balaban J connectivity index is 5.16. The van der Waals surface area contributed by atoms with Crippen LogP contribution in [0.25, 0.3) is 0 Å². The number of aliphatic imine (C=N–C) groups is 1. The van der Waals surface area contributed by atoms with E-state index in [2.05, 4.69) is 33.6 Å². The van der Waals surface area contributed by atoms with E-state index in [-0.39, 0.29) is 31.1 Å². The number of hydrogen-bond acceptors (Lipinski definition) is 9. The van der Waals surface area contributed by atoms with Gasteiger partial charge in [0, 0.05) is 12.3 Å². The van der Waals surface area contributed by atoms with Gasteiger partial charge in [-0.2, -0.15) is 24.4 Å². The Hall–Kier alpha value is -2.23. The number of guanidine groups is 1. The lowest BCUT2D eigenvalue weighted by Crippen LogP contribution is -2.58. The van der Waals surface area contributed by atoms with Crippen LogP contribution in [0.3, 0.4) is 0 Å². The Morgan fingerprint density at radius 2 is 1.56 bits per heavy atom. The molecule has 11 N–H and O–H groups in total. The third-order valence-corrected chi connectivity index (χ3v) is 5.19. The van der Waals surface area contributed by atoms with E-state index < -0.39 is 54.5 Å². The van der Waals surface area contributed by atoms with Crippen LogP contribution in [0.2, 0.25) is 0 Å². The van der Waals surface area contributed by atoms with Crippen molar-refractivity contribution in [3.8, 4) is 0 Å². The molecule has 32 heavy (non-hydrogen) atoms. The van der Waals surface area contributed by atoms with Crippen LogP contribution < -0.4 is 33.2 Å². The average Bonchev–Trinajstić information content (AvgIpc) is 2.75. The molecule has 13 nitrogen and oxygen atoms in total. The molecule has 0 saturated carbocycles. The van der Waals surface area contributed by atoms with E-state index in [1.807, 2.05) is 0 Å². The summed E-state index contributed by atoms with van der Waals surface area (Å²) in [6.07, 6.45) is 2.37. The normalized spacial score (nSPS) is 14.4. The Morgan fingerprint density at radius 3 is 2.06 bits per heavy atom. The first-order valence-electron chi connectivity index (χ1n) is 9.72. The van der Waals surface area contributed by atoms with Crippen LogP contribution in [0, 0.1) is 0 Å². The topological polar surface area (TPSA) is 235 Å². The van der Waals surface area contributed by atoms with Crippen molar-refractivity contribution < 1.29 is 29.4 Å². The fourth-order valence-corrected chi connectivity index (χ4v) is 3.00. The number of nitrogens with two attached hydrogens (primary N) is 3. The number of amides is 3. The summed E-state index contributed by atoms with van der Waals surface area (Å²) in [6.45, 7) is -0.531. The van der Waals surface area contributed by atoms with Gasteiger partial charge >= 0.3 is 5.97 Å². The van der Waals surface area contributed by atoms with Crippen molar-refractivity contribution in [1.82, 2.24) is 16.0 Å². The first-order valence-corrected chi connectivity index (χ1v) is 11.8. The molecule has 0 saturated heterocycles. The first-order chi connectivity index (χ1) is 15.1. The lowest BCUT2D eigenvalue weighted by Gasteiger charge is -2.24. The second kappa shape index (κ2) is 16.4. The van der Waals surface area contributed by atoms with E-state index in [0.29, 0.717) is 12.2 Å². The maximum atomic E-state index is 12.7. The third kappa shape index (κ3) is 12.0. The SMILES string of the molecule is CSCCC(NC(=O)C(CO)NC(=O)C(N)CS)C(=O)NC(CCCN=C(N)N)C(=O)O. The number of aliphatic hydroxyl groups is 1. The van der Waals surface area contributed by atoms with Crippen LogP contribution in [-0.4, -0.2) is 94.9 Å². The number of carboxylic acid groups (broad SMARTS) is 1. The zero-order valence-corrected chi connectivity index (χ0v) is 19.5. The zero-order valence-electron chi connectivity index (χ0n) is 17.8. The molecule has 0 aliphatic heterocycles. The van der Waals surface area contributed by atoms with Gasteiger partial charge in [-0.1, -0.05) is 0 Å².